The van der Waals surface area contributed by atoms with Crippen LogP contribution in [0.1, 0.15) is 23.1 Å². The summed E-state index contributed by atoms with van der Waals surface area (Å²) in [6, 6.07) is 8.84. The molecule has 1 aromatic heterocycles. The molecule has 8 nitrogen and oxygen atoms in total. The number of Topliss-reactive ketones (excluding diaryl/α,β-unsaturated/α-hetero) is 1. The van der Waals surface area contributed by atoms with E-state index in [0.717, 1.165) is 29.2 Å². The molecular weight excluding hydrogens is 426 g/mol. The monoisotopic (exact) mass is 440 g/mol. The lowest BCUT2D eigenvalue weighted by Gasteiger charge is -2.23. The van der Waals surface area contributed by atoms with E-state index < -0.39 is 45.6 Å². The highest BCUT2D eigenvalue weighted by atomic mass is 19.1. The molecule has 2 heterocycles. The fourth-order valence-electron chi connectivity index (χ4n) is 3.52. The number of anilines is 1. The van der Waals surface area contributed by atoms with Crippen LogP contribution in [0, 0.1) is 28.7 Å². The zero-order valence-corrected chi connectivity index (χ0v) is 16.4. The number of furan rings is 1. The Morgan fingerprint density at radius 2 is 1.78 bits per heavy atom. The Labute approximate surface area is 179 Å². The van der Waals surface area contributed by atoms with Gasteiger partial charge in [-0.15, -0.1) is 0 Å². The first-order valence-corrected chi connectivity index (χ1v) is 9.26. The number of aliphatic hydroxyl groups excluding tert-OH is 1. The van der Waals surface area contributed by atoms with Gasteiger partial charge in [0.2, 0.25) is 0 Å². The quantitative estimate of drug-likeness (QED) is 0.211. The molecule has 3 aromatic rings. The number of hydrogen-bond donors (Lipinski definition) is 1. The summed E-state index contributed by atoms with van der Waals surface area (Å²) in [5, 5.41) is 21.7. The van der Waals surface area contributed by atoms with E-state index in [9.17, 15) is 33.6 Å². The second-order valence-electron chi connectivity index (χ2n) is 7.02. The third kappa shape index (κ3) is 3.41. The lowest BCUT2D eigenvalue weighted by atomic mass is 9.99. The van der Waals surface area contributed by atoms with Crippen LogP contribution in [0.25, 0.3) is 5.76 Å². The number of nitrogens with zero attached hydrogens (tertiary/aromatic N) is 2. The number of halogens is 2. The molecule has 0 radical (unpaired) electrons. The molecule has 32 heavy (non-hydrogen) atoms. The molecule has 1 N–H and O–H groups in total. The van der Waals surface area contributed by atoms with Crippen molar-refractivity contribution in [2.45, 2.75) is 13.0 Å². The number of non-ortho nitro benzene ring substituents is 1. The van der Waals surface area contributed by atoms with Crippen LogP contribution in [0.3, 0.4) is 0 Å². The first kappa shape index (κ1) is 20.9. The van der Waals surface area contributed by atoms with Crippen LogP contribution in [-0.4, -0.2) is 21.7 Å². The van der Waals surface area contributed by atoms with E-state index in [1.54, 1.807) is 13.0 Å². The second kappa shape index (κ2) is 7.73. The van der Waals surface area contributed by atoms with Crippen molar-refractivity contribution in [3.63, 3.8) is 0 Å². The molecule has 4 rings (SSSR count). The highest BCUT2D eigenvalue weighted by Crippen LogP contribution is 2.43. The molecule has 10 heteroatoms. The van der Waals surface area contributed by atoms with Crippen LogP contribution < -0.4 is 4.90 Å². The SMILES string of the molecule is Cc1ccc(C2/C(=C(/O)c3ccc([N+](=O)[O-])cc3)C(=O)C(=O)N2c2ccc(F)cc2F)o1. The number of nitro groups is 1. The fourth-order valence-corrected chi connectivity index (χ4v) is 3.52. The normalized spacial score (nSPS) is 17.7. The number of benzene rings is 2. The van der Waals surface area contributed by atoms with E-state index in [1.165, 1.54) is 18.2 Å². The average molecular weight is 440 g/mol. The zero-order valence-electron chi connectivity index (χ0n) is 16.4. The van der Waals surface area contributed by atoms with Gasteiger partial charge in [0, 0.05) is 23.8 Å². The summed E-state index contributed by atoms with van der Waals surface area (Å²) >= 11 is 0. The number of nitro benzene ring substituents is 1. The minimum Gasteiger partial charge on any atom is -0.507 e. The third-order valence-electron chi connectivity index (χ3n) is 5.00. The van der Waals surface area contributed by atoms with Crippen molar-refractivity contribution in [1.29, 1.82) is 0 Å². The topological polar surface area (TPSA) is 114 Å². The van der Waals surface area contributed by atoms with E-state index in [0.29, 0.717) is 11.8 Å². The Morgan fingerprint density at radius 3 is 2.34 bits per heavy atom. The number of carbonyl (C=O) groups excluding carboxylic acids is 2. The van der Waals surface area contributed by atoms with Crippen molar-refractivity contribution < 1.29 is 32.8 Å². The van der Waals surface area contributed by atoms with Gasteiger partial charge in [0.15, 0.2) is 0 Å². The smallest absolute Gasteiger partial charge is 0.300 e. The largest absolute Gasteiger partial charge is 0.507 e. The number of carbonyl (C=O) groups is 2. The Hall–Kier alpha value is -4.34. The first-order valence-electron chi connectivity index (χ1n) is 9.26. The maximum absolute atomic E-state index is 14.6. The highest BCUT2D eigenvalue weighted by molar-refractivity contribution is 6.51. The maximum Gasteiger partial charge on any atom is 0.300 e. The molecular formula is C22H14F2N2O6. The van der Waals surface area contributed by atoms with Gasteiger partial charge in [-0.3, -0.25) is 24.6 Å². The molecule has 1 atom stereocenters. The van der Waals surface area contributed by atoms with Gasteiger partial charge in [0.1, 0.15) is 35.0 Å². The summed E-state index contributed by atoms with van der Waals surface area (Å²) in [5.41, 5.74) is -0.993. The maximum atomic E-state index is 14.6. The lowest BCUT2D eigenvalue weighted by molar-refractivity contribution is -0.384. The molecule has 0 saturated carbocycles. The predicted molar refractivity (Wildman–Crippen MR) is 108 cm³/mol. The molecule has 1 aliphatic rings. The van der Waals surface area contributed by atoms with Gasteiger partial charge in [-0.05, 0) is 43.3 Å². The van der Waals surface area contributed by atoms with Crippen LogP contribution in [-0.2, 0) is 9.59 Å². The van der Waals surface area contributed by atoms with E-state index in [2.05, 4.69) is 0 Å². The van der Waals surface area contributed by atoms with Crippen molar-refractivity contribution in [2.75, 3.05) is 4.90 Å². The summed E-state index contributed by atoms with van der Waals surface area (Å²) in [4.78, 5) is 36.8. The van der Waals surface area contributed by atoms with Crippen LogP contribution in [0.4, 0.5) is 20.2 Å². The van der Waals surface area contributed by atoms with Crippen LogP contribution in [0.15, 0.2) is 64.6 Å². The van der Waals surface area contributed by atoms with Crippen LogP contribution >= 0.6 is 0 Å². The van der Waals surface area contributed by atoms with Gasteiger partial charge < -0.3 is 9.52 Å². The Bertz CT molecular complexity index is 1300. The molecule has 1 fully saturated rings. The van der Waals surface area contributed by atoms with Crippen LogP contribution in [0.2, 0.25) is 0 Å². The van der Waals surface area contributed by atoms with E-state index >= 15 is 0 Å². The number of ketones is 1. The van der Waals surface area contributed by atoms with Crippen LogP contribution in [0.5, 0.6) is 0 Å². The number of amides is 1. The predicted octanol–water partition coefficient (Wildman–Crippen LogP) is 4.40. The fraction of sp³-hybridized carbons (Fsp3) is 0.0909. The van der Waals surface area contributed by atoms with Crippen molar-refractivity contribution >= 4 is 28.8 Å². The zero-order chi connectivity index (χ0) is 23.2. The second-order valence-corrected chi connectivity index (χ2v) is 7.02. The number of aryl methyl sites for hydroxylation is 1. The van der Waals surface area contributed by atoms with Gasteiger partial charge in [-0.25, -0.2) is 8.78 Å². The molecule has 1 saturated heterocycles. The van der Waals surface area contributed by atoms with E-state index in [1.807, 2.05) is 0 Å². The van der Waals surface area contributed by atoms with Gasteiger partial charge >= 0.3 is 0 Å². The molecule has 2 aromatic carbocycles. The van der Waals surface area contributed by atoms with E-state index in [4.69, 9.17) is 4.42 Å². The minimum atomic E-state index is -1.35. The van der Waals surface area contributed by atoms with Gasteiger partial charge in [-0.2, -0.15) is 0 Å². The molecule has 1 unspecified atom stereocenters. The van der Waals surface area contributed by atoms with Crippen molar-refractivity contribution in [2.24, 2.45) is 0 Å². The summed E-state index contributed by atoms with van der Waals surface area (Å²) in [7, 11) is 0. The third-order valence-corrected chi connectivity index (χ3v) is 5.00. The highest BCUT2D eigenvalue weighted by Gasteiger charge is 2.49. The van der Waals surface area contributed by atoms with Crippen molar-refractivity contribution in [3.05, 3.63) is 99.0 Å². The first-order chi connectivity index (χ1) is 15.2. The summed E-state index contributed by atoms with van der Waals surface area (Å²) in [6.07, 6.45) is 0. The summed E-state index contributed by atoms with van der Waals surface area (Å²) in [6.45, 7) is 1.62. The molecule has 162 valence electrons. The Morgan fingerprint density at radius 1 is 1.09 bits per heavy atom. The Kier molecular flexibility index (Phi) is 5.05. The van der Waals surface area contributed by atoms with Crippen molar-refractivity contribution in [3.8, 4) is 0 Å². The minimum absolute atomic E-state index is 0.0291. The molecule has 0 aliphatic carbocycles. The number of rotatable bonds is 4. The summed E-state index contributed by atoms with van der Waals surface area (Å²) in [5.74, 6) is -4.37. The standard InChI is InChI=1S/C22H14F2N2O6/c1-11-2-9-17(32-11)19-18(20(27)12-3-6-14(7-4-12)26(30)31)21(28)22(29)25(19)16-8-5-13(23)10-15(16)24/h2-10,19,27H,1H3/b20-18-. The van der Waals surface area contributed by atoms with E-state index in [-0.39, 0.29) is 22.7 Å². The molecule has 0 bridgehead atoms. The number of aliphatic hydroxyl groups is 1. The van der Waals surface area contributed by atoms with Crippen molar-refractivity contribution in [1.82, 2.24) is 0 Å². The van der Waals surface area contributed by atoms with Gasteiger partial charge in [0.05, 0.1) is 16.2 Å². The lowest BCUT2D eigenvalue weighted by Crippen LogP contribution is -2.30. The Balaban J connectivity index is 1.92. The van der Waals surface area contributed by atoms with Gasteiger partial charge in [0.25, 0.3) is 17.4 Å². The molecule has 1 amide bonds. The van der Waals surface area contributed by atoms with Gasteiger partial charge in [-0.1, -0.05) is 0 Å². The summed E-state index contributed by atoms with van der Waals surface area (Å²) < 4.78 is 33.5. The average Bonchev–Trinajstić information content (AvgIpc) is 3.29. The molecule has 1 aliphatic heterocycles. The molecule has 0 spiro atoms. The number of hydrogen-bond acceptors (Lipinski definition) is 6.